The molecule has 2 amide bonds. The summed E-state index contributed by atoms with van der Waals surface area (Å²) < 4.78 is 5.28. The van der Waals surface area contributed by atoms with Crippen molar-refractivity contribution in [3.05, 3.63) is 36.2 Å². The number of hydrogen-bond donors (Lipinski definition) is 3. The molecule has 1 heterocycles. The fourth-order valence-corrected chi connectivity index (χ4v) is 2.50. The predicted molar refractivity (Wildman–Crippen MR) is 93.8 cm³/mol. The molecule has 3 N–H and O–H groups in total. The number of carbonyl (C=O) groups excluding carboxylic acids is 1. The van der Waals surface area contributed by atoms with E-state index in [0.29, 0.717) is 18.0 Å². The minimum atomic E-state index is -0.342. The molecule has 1 aromatic heterocycles. The maximum Gasteiger partial charge on any atom is 0.319 e. The molecule has 1 atom stereocenters. The molecule has 0 aliphatic rings. The van der Waals surface area contributed by atoms with Crippen LogP contribution < -0.4 is 10.6 Å². The molecule has 1 unspecified atom stereocenters. The third-order valence-electron chi connectivity index (χ3n) is 3.58. The minimum Gasteiger partial charge on any atom is -0.445 e. The monoisotopic (exact) mass is 331 g/mol. The van der Waals surface area contributed by atoms with Crippen molar-refractivity contribution in [1.29, 1.82) is 0 Å². The molecule has 130 valence electrons. The van der Waals surface area contributed by atoms with E-state index in [-0.39, 0.29) is 24.1 Å². The SMILES string of the molecule is Cc1ccc(-c2ncco2)cc1NC(=O)NC(CO)CC(C)(C)C. The van der Waals surface area contributed by atoms with Crippen LogP contribution in [0.5, 0.6) is 0 Å². The summed E-state index contributed by atoms with van der Waals surface area (Å²) in [6, 6.07) is 4.97. The Hall–Kier alpha value is -2.34. The van der Waals surface area contributed by atoms with Gasteiger partial charge in [-0.3, -0.25) is 0 Å². The number of anilines is 1. The number of aliphatic hydroxyl groups excluding tert-OH is 1. The fraction of sp³-hybridized carbons (Fsp3) is 0.444. The number of aliphatic hydroxyl groups is 1. The highest BCUT2D eigenvalue weighted by Crippen LogP contribution is 2.24. The zero-order valence-electron chi connectivity index (χ0n) is 14.6. The molecule has 1 aromatic carbocycles. The zero-order valence-corrected chi connectivity index (χ0v) is 14.6. The first-order valence-corrected chi connectivity index (χ1v) is 7.97. The number of nitrogens with zero attached hydrogens (tertiary/aromatic N) is 1. The van der Waals surface area contributed by atoms with Crippen molar-refractivity contribution in [3.8, 4) is 11.5 Å². The van der Waals surface area contributed by atoms with E-state index >= 15 is 0 Å². The number of benzene rings is 1. The molecule has 0 aliphatic carbocycles. The van der Waals surface area contributed by atoms with E-state index in [0.717, 1.165) is 11.1 Å². The molecule has 0 spiro atoms. The van der Waals surface area contributed by atoms with Gasteiger partial charge in [-0.25, -0.2) is 9.78 Å². The molecule has 0 bridgehead atoms. The molecule has 6 heteroatoms. The summed E-state index contributed by atoms with van der Waals surface area (Å²) in [7, 11) is 0. The fourth-order valence-electron chi connectivity index (χ4n) is 2.50. The van der Waals surface area contributed by atoms with E-state index in [1.807, 2.05) is 25.1 Å². The van der Waals surface area contributed by atoms with Crippen LogP contribution in [-0.2, 0) is 0 Å². The van der Waals surface area contributed by atoms with Gasteiger partial charge in [0.1, 0.15) is 6.26 Å². The summed E-state index contributed by atoms with van der Waals surface area (Å²) >= 11 is 0. The van der Waals surface area contributed by atoms with Crippen molar-refractivity contribution < 1.29 is 14.3 Å². The predicted octanol–water partition coefficient (Wildman–Crippen LogP) is 3.57. The number of oxazole rings is 1. The smallest absolute Gasteiger partial charge is 0.319 e. The number of hydrogen-bond acceptors (Lipinski definition) is 4. The van der Waals surface area contributed by atoms with Crippen LogP contribution >= 0.6 is 0 Å². The molecule has 0 saturated carbocycles. The normalized spacial score (nSPS) is 12.7. The first kappa shape index (κ1) is 18.0. The third-order valence-corrected chi connectivity index (χ3v) is 3.58. The first-order chi connectivity index (χ1) is 11.3. The van der Waals surface area contributed by atoms with Crippen LogP contribution in [0, 0.1) is 12.3 Å². The second-order valence-electron chi connectivity index (χ2n) is 7.11. The standard InChI is InChI=1S/C18H25N3O3/c1-12-5-6-13(16-19-7-8-24-16)9-15(12)21-17(23)20-14(11-22)10-18(2,3)4/h5-9,14,22H,10-11H2,1-4H3,(H2,20,21,23). The van der Waals surface area contributed by atoms with Crippen molar-refractivity contribution >= 4 is 11.7 Å². The number of nitrogens with one attached hydrogen (secondary N) is 2. The Morgan fingerprint density at radius 1 is 1.38 bits per heavy atom. The largest absolute Gasteiger partial charge is 0.445 e. The lowest BCUT2D eigenvalue weighted by atomic mass is 9.88. The average Bonchev–Trinajstić information content (AvgIpc) is 3.01. The van der Waals surface area contributed by atoms with Crippen molar-refractivity contribution in [1.82, 2.24) is 10.3 Å². The lowest BCUT2D eigenvalue weighted by Crippen LogP contribution is -2.42. The molecule has 2 aromatic rings. The molecular formula is C18H25N3O3. The number of urea groups is 1. The van der Waals surface area contributed by atoms with Crippen LogP contribution in [0.15, 0.2) is 35.1 Å². The molecule has 0 radical (unpaired) electrons. The summed E-state index contributed by atoms with van der Waals surface area (Å²) in [5.74, 6) is 0.499. The van der Waals surface area contributed by atoms with Crippen LogP contribution in [0.3, 0.4) is 0 Å². The van der Waals surface area contributed by atoms with Gasteiger partial charge in [0.15, 0.2) is 0 Å². The molecule has 0 saturated heterocycles. The van der Waals surface area contributed by atoms with Gasteiger partial charge in [-0.05, 0) is 36.5 Å². The van der Waals surface area contributed by atoms with Gasteiger partial charge in [-0.15, -0.1) is 0 Å². The topological polar surface area (TPSA) is 87.4 Å². The van der Waals surface area contributed by atoms with Crippen LogP contribution in [0.25, 0.3) is 11.5 Å². The van der Waals surface area contributed by atoms with Crippen LogP contribution in [-0.4, -0.2) is 28.8 Å². The number of rotatable bonds is 5. The quantitative estimate of drug-likeness (QED) is 0.781. The van der Waals surface area contributed by atoms with Gasteiger partial charge >= 0.3 is 6.03 Å². The molecule has 24 heavy (non-hydrogen) atoms. The van der Waals surface area contributed by atoms with Crippen molar-refractivity contribution in [2.45, 2.75) is 40.2 Å². The maximum atomic E-state index is 12.2. The molecule has 0 aliphatic heterocycles. The number of carbonyl (C=O) groups is 1. The van der Waals surface area contributed by atoms with E-state index in [9.17, 15) is 9.90 Å². The van der Waals surface area contributed by atoms with E-state index in [4.69, 9.17) is 4.42 Å². The maximum absolute atomic E-state index is 12.2. The Kier molecular flexibility index (Phi) is 5.62. The van der Waals surface area contributed by atoms with Crippen molar-refractivity contribution in [2.75, 3.05) is 11.9 Å². The first-order valence-electron chi connectivity index (χ1n) is 7.97. The molecule has 2 rings (SSSR count). The van der Waals surface area contributed by atoms with E-state index in [1.165, 1.54) is 6.26 Å². The van der Waals surface area contributed by atoms with Crippen molar-refractivity contribution in [2.24, 2.45) is 5.41 Å². The lowest BCUT2D eigenvalue weighted by molar-refractivity contribution is 0.196. The van der Waals surface area contributed by atoms with Gasteiger partial charge in [0.25, 0.3) is 0 Å². The van der Waals surface area contributed by atoms with Crippen LogP contribution in [0.1, 0.15) is 32.8 Å². The second kappa shape index (κ2) is 7.49. The van der Waals surface area contributed by atoms with Gasteiger partial charge in [-0.2, -0.15) is 0 Å². The van der Waals surface area contributed by atoms with E-state index in [2.05, 4.69) is 36.4 Å². The summed E-state index contributed by atoms with van der Waals surface area (Å²) in [5.41, 5.74) is 2.41. The molecular weight excluding hydrogens is 306 g/mol. The van der Waals surface area contributed by atoms with Crippen molar-refractivity contribution in [3.63, 3.8) is 0 Å². The highest BCUT2D eigenvalue weighted by atomic mass is 16.3. The zero-order chi connectivity index (χ0) is 17.7. The second-order valence-corrected chi connectivity index (χ2v) is 7.11. The Labute approximate surface area is 142 Å². The summed E-state index contributed by atoms with van der Waals surface area (Å²) in [4.78, 5) is 16.4. The van der Waals surface area contributed by atoms with Gasteiger partial charge in [-0.1, -0.05) is 26.8 Å². The summed E-state index contributed by atoms with van der Waals surface area (Å²) in [6.07, 6.45) is 3.77. The number of amides is 2. The Bertz CT molecular complexity index is 675. The van der Waals surface area contributed by atoms with E-state index in [1.54, 1.807) is 6.20 Å². The Balaban J connectivity index is 2.07. The Morgan fingerprint density at radius 2 is 2.12 bits per heavy atom. The van der Waals surface area contributed by atoms with Gasteiger partial charge in [0.2, 0.25) is 5.89 Å². The molecule has 6 nitrogen and oxygen atoms in total. The van der Waals surface area contributed by atoms with Crippen LogP contribution in [0.2, 0.25) is 0 Å². The lowest BCUT2D eigenvalue weighted by Gasteiger charge is -2.25. The number of aromatic nitrogens is 1. The van der Waals surface area contributed by atoms with E-state index < -0.39 is 0 Å². The van der Waals surface area contributed by atoms with Gasteiger partial charge in [0.05, 0.1) is 18.8 Å². The summed E-state index contributed by atoms with van der Waals surface area (Å²) in [6.45, 7) is 8.02. The van der Waals surface area contributed by atoms with Gasteiger partial charge < -0.3 is 20.2 Å². The Morgan fingerprint density at radius 3 is 2.71 bits per heavy atom. The highest BCUT2D eigenvalue weighted by molar-refractivity contribution is 5.91. The molecule has 0 fully saturated rings. The average molecular weight is 331 g/mol. The minimum absolute atomic E-state index is 0.0153. The summed E-state index contributed by atoms with van der Waals surface area (Å²) in [5, 5.41) is 15.1. The highest BCUT2D eigenvalue weighted by Gasteiger charge is 2.20. The third kappa shape index (κ3) is 5.09. The number of aryl methyl sites for hydroxylation is 1. The van der Waals surface area contributed by atoms with Crippen LogP contribution in [0.4, 0.5) is 10.5 Å². The van der Waals surface area contributed by atoms with Gasteiger partial charge in [0, 0.05) is 11.3 Å².